The summed E-state index contributed by atoms with van der Waals surface area (Å²) in [6, 6.07) is 13.7. The normalized spacial score (nSPS) is 21.8. The molecule has 1 amide bonds. The van der Waals surface area contributed by atoms with Gasteiger partial charge in [0, 0.05) is 23.6 Å². The Morgan fingerprint density at radius 1 is 1.21 bits per heavy atom. The number of aliphatic hydroxyl groups is 1. The van der Waals surface area contributed by atoms with Crippen molar-refractivity contribution in [2.45, 2.75) is 50.6 Å². The summed E-state index contributed by atoms with van der Waals surface area (Å²) < 4.78 is 28.0. The number of carbonyl (C=O) groups excluding carboxylic acids is 1. The highest BCUT2D eigenvalue weighted by Crippen LogP contribution is 2.37. The SMILES string of the molecule is Cc1ccc(S(=O)(=O)NCc2ccccc2)cc1C(=O)N[C@@H]1CCC[C@]1(C)CO. The van der Waals surface area contributed by atoms with Gasteiger partial charge in [-0.25, -0.2) is 13.1 Å². The summed E-state index contributed by atoms with van der Waals surface area (Å²) in [4.78, 5) is 12.9. The Morgan fingerprint density at radius 3 is 2.62 bits per heavy atom. The average molecular weight is 417 g/mol. The van der Waals surface area contributed by atoms with Crippen LogP contribution in [0.15, 0.2) is 53.4 Å². The number of rotatable bonds is 7. The van der Waals surface area contributed by atoms with Crippen LogP contribution in [0.4, 0.5) is 0 Å². The van der Waals surface area contributed by atoms with E-state index in [0.717, 1.165) is 24.8 Å². The Kier molecular flexibility index (Phi) is 6.41. The molecular weight excluding hydrogens is 388 g/mol. The maximum absolute atomic E-state index is 12.9. The van der Waals surface area contributed by atoms with Gasteiger partial charge in [-0.3, -0.25) is 4.79 Å². The van der Waals surface area contributed by atoms with E-state index in [4.69, 9.17) is 0 Å². The lowest BCUT2D eigenvalue weighted by atomic mass is 9.85. The second-order valence-corrected chi connectivity index (χ2v) is 9.78. The zero-order valence-corrected chi connectivity index (χ0v) is 17.6. The number of hydrogen-bond donors (Lipinski definition) is 3. The molecule has 6 nitrogen and oxygen atoms in total. The third-order valence-electron chi connectivity index (χ3n) is 5.82. The molecule has 3 N–H and O–H groups in total. The van der Waals surface area contributed by atoms with Crippen LogP contribution in [0, 0.1) is 12.3 Å². The highest BCUT2D eigenvalue weighted by molar-refractivity contribution is 7.89. The maximum Gasteiger partial charge on any atom is 0.251 e. The van der Waals surface area contributed by atoms with Crippen LogP contribution in [0.25, 0.3) is 0 Å². The predicted octanol–water partition coefficient (Wildman–Crippen LogP) is 2.75. The van der Waals surface area contributed by atoms with Gasteiger partial charge in [0.2, 0.25) is 10.0 Å². The quantitative estimate of drug-likeness (QED) is 0.647. The smallest absolute Gasteiger partial charge is 0.251 e. The van der Waals surface area contributed by atoms with Crippen molar-refractivity contribution in [3.05, 3.63) is 65.2 Å². The van der Waals surface area contributed by atoms with E-state index in [2.05, 4.69) is 10.0 Å². The molecule has 2 aromatic carbocycles. The molecule has 0 aliphatic heterocycles. The molecule has 29 heavy (non-hydrogen) atoms. The first-order valence-electron chi connectivity index (χ1n) is 9.81. The van der Waals surface area contributed by atoms with Crippen LogP contribution in [0.1, 0.15) is 47.7 Å². The molecule has 0 unspecified atom stereocenters. The zero-order valence-electron chi connectivity index (χ0n) is 16.8. The number of nitrogens with one attached hydrogen (secondary N) is 2. The molecule has 1 aliphatic rings. The summed E-state index contributed by atoms with van der Waals surface area (Å²) in [5, 5.41) is 12.7. The van der Waals surface area contributed by atoms with Crippen LogP contribution < -0.4 is 10.0 Å². The summed E-state index contributed by atoms with van der Waals surface area (Å²) in [5.74, 6) is -0.311. The van der Waals surface area contributed by atoms with E-state index >= 15 is 0 Å². The Hall–Kier alpha value is -2.22. The monoisotopic (exact) mass is 416 g/mol. The number of carbonyl (C=O) groups is 1. The molecule has 1 aliphatic carbocycles. The van der Waals surface area contributed by atoms with Crippen LogP contribution in [0.2, 0.25) is 0 Å². The van der Waals surface area contributed by atoms with Gasteiger partial charge in [-0.2, -0.15) is 0 Å². The number of aryl methyl sites for hydroxylation is 1. The van der Waals surface area contributed by atoms with Crippen molar-refractivity contribution in [2.24, 2.45) is 5.41 Å². The Balaban J connectivity index is 1.77. The third kappa shape index (κ3) is 4.86. The first-order valence-corrected chi connectivity index (χ1v) is 11.3. The van der Waals surface area contributed by atoms with E-state index in [-0.39, 0.29) is 35.4 Å². The third-order valence-corrected chi connectivity index (χ3v) is 7.22. The van der Waals surface area contributed by atoms with Gasteiger partial charge in [-0.1, -0.05) is 49.7 Å². The van der Waals surface area contributed by atoms with Crippen molar-refractivity contribution in [1.29, 1.82) is 0 Å². The van der Waals surface area contributed by atoms with Gasteiger partial charge in [0.1, 0.15) is 0 Å². The lowest BCUT2D eigenvalue weighted by Crippen LogP contribution is -2.45. The predicted molar refractivity (Wildman–Crippen MR) is 112 cm³/mol. The number of amides is 1. The minimum atomic E-state index is -3.76. The molecule has 1 fully saturated rings. The molecule has 0 radical (unpaired) electrons. The minimum Gasteiger partial charge on any atom is -0.396 e. The summed E-state index contributed by atoms with van der Waals surface area (Å²) in [6.07, 6.45) is 2.60. The highest BCUT2D eigenvalue weighted by Gasteiger charge is 2.39. The molecule has 0 saturated heterocycles. The van der Waals surface area contributed by atoms with E-state index in [0.29, 0.717) is 11.1 Å². The van der Waals surface area contributed by atoms with Gasteiger partial charge >= 0.3 is 0 Å². The second kappa shape index (κ2) is 8.65. The van der Waals surface area contributed by atoms with Crippen LogP contribution in [0.5, 0.6) is 0 Å². The van der Waals surface area contributed by atoms with E-state index in [1.54, 1.807) is 13.0 Å². The van der Waals surface area contributed by atoms with Crippen molar-refractivity contribution in [2.75, 3.05) is 6.61 Å². The van der Waals surface area contributed by atoms with E-state index in [9.17, 15) is 18.3 Å². The molecule has 0 aromatic heterocycles. The van der Waals surface area contributed by atoms with Gasteiger partial charge < -0.3 is 10.4 Å². The Labute approximate surface area is 172 Å². The van der Waals surface area contributed by atoms with E-state index in [1.807, 2.05) is 37.3 Å². The minimum absolute atomic E-state index is 0.00868. The van der Waals surface area contributed by atoms with Crippen molar-refractivity contribution in [3.8, 4) is 0 Å². The molecule has 7 heteroatoms. The number of hydrogen-bond acceptors (Lipinski definition) is 4. The number of aliphatic hydroxyl groups excluding tert-OH is 1. The number of sulfonamides is 1. The summed E-state index contributed by atoms with van der Waals surface area (Å²) in [6.45, 7) is 3.93. The molecule has 0 heterocycles. The van der Waals surface area contributed by atoms with Gasteiger partial charge in [-0.15, -0.1) is 0 Å². The van der Waals surface area contributed by atoms with E-state index < -0.39 is 10.0 Å². The molecule has 156 valence electrons. The molecule has 3 rings (SSSR count). The molecule has 0 spiro atoms. The van der Waals surface area contributed by atoms with Crippen LogP contribution in [0.3, 0.4) is 0 Å². The second-order valence-electron chi connectivity index (χ2n) is 8.02. The highest BCUT2D eigenvalue weighted by atomic mass is 32.2. The Bertz CT molecular complexity index is 976. The summed E-state index contributed by atoms with van der Waals surface area (Å²) in [5.41, 5.74) is 1.54. The average Bonchev–Trinajstić information content (AvgIpc) is 3.08. The van der Waals surface area contributed by atoms with Crippen LogP contribution in [-0.4, -0.2) is 32.1 Å². The molecule has 2 atom stereocenters. The molecule has 2 aromatic rings. The van der Waals surface area contributed by atoms with Crippen molar-refractivity contribution in [1.82, 2.24) is 10.0 Å². The fourth-order valence-electron chi connectivity index (χ4n) is 3.77. The Morgan fingerprint density at radius 2 is 1.93 bits per heavy atom. The lowest BCUT2D eigenvalue weighted by Gasteiger charge is -2.30. The van der Waals surface area contributed by atoms with Gasteiger partial charge in [0.25, 0.3) is 5.91 Å². The van der Waals surface area contributed by atoms with Gasteiger partial charge in [-0.05, 0) is 43.0 Å². The topological polar surface area (TPSA) is 95.5 Å². The van der Waals surface area contributed by atoms with Gasteiger partial charge in [0.05, 0.1) is 11.5 Å². The van der Waals surface area contributed by atoms with Crippen molar-refractivity contribution < 1.29 is 18.3 Å². The standard InChI is InChI=1S/C22H28N2O4S/c1-16-10-11-18(29(27,28)23-14-17-7-4-3-5-8-17)13-19(16)21(26)24-20-9-6-12-22(20,2)15-25/h3-5,7-8,10-11,13,20,23,25H,6,9,12,14-15H2,1-2H3,(H,24,26)/t20-,22-/m1/s1. The van der Waals surface area contributed by atoms with Crippen molar-refractivity contribution in [3.63, 3.8) is 0 Å². The maximum atomic E-state index is 12.9. The summed E-state index contributed by atoms with van der Waals surface area (Å²) >= 11 is 0. The summed E-state index contributed by atoms with van der Waals surface area (Å²) in [7, 11) is -3.76. The first-order chi connectivity index (χ1) is 13.7. The number of benzene rings is 2. The van der Waals surface area contributed by atoms with Gasteiger partial charge in [0.15, 0.2) is 0 Å². The molecular formula is C22H28N2O4S. The lowest BCUT2D eigenvalue weighted by molar-refractivity contribution is 0.0830. The zero-order chi connectivity index (χ0) is 21.1. The van der Waals surface area contributed by atoms with E-state index in [1.165, 1.54) is 12.1 Å². The molecule has 0 bridgehead atoms. The van der Waals surface area contributed by atoms with Crippen LogP contribution >= 0.6 is 0 Å². The fourth-order valence-corrected chi connectivity index (χ4v) is 4.82. The molecule has 1 saturated carbocycles. The first kappa shape index (κ1) is 21.5. The fraction of sp³-hybridized carbons (Fsp3) is 0.409. The van der Waals surface area contributed by atoms with Crippen molar-refractivity contribution >= 4 is 15.9 Å². The largest absolute Gasteiger partial charge is 0.396 e. The van der Waals surface area contributed by atoms with Crippen LogP contribution in [-0.2, 0) is 16.6 Å².